The zero-order valence-electron chi connectivity index (χ0n) is 17.4. The van der Waals surface area contributed by atoms with Crippen LogP contribution in [0.4, 0.5) is 0 Å². The summed E-state index contributed by atoms with van der Waals surface area (Å²) in [7, 11) is 0. The first-order valence-corrected chi connectivity index (χ1v) is 11.0. The number of carbonyl (C=O) groups excluding carboxylic acids is 2. The molecule has 1 aliphatic heterocycles. The highest BCUT2D eigenvalue weighted by molar-refractivity contribution is 5.66. The Bertz CT molecular complexity index is 781. The Kier molecular flexibility index (Phi) is 4.01. The quantitative estimate of drug-likeness (QED) is 0.415. The van der Waals surface area contributed by atoms with Crippen LogP contribution in [0.3, 0.4) is 0 Å². The molecular formula is C24H32O4. The summed E-state index contributed by atoms with van der Waals surface area (Å²) in [5.41, 5.74) is 3.26. The van der Waals surface area contributed by atoms with Crippen LogP contribution < -0.4 is 0 Å². The molecule has 28 heavy (non-hydrogen) atoms. The highest BCUT2D eigenvalue weighted by Crippen LogP contribution is 2.68. The molecule has 0 aromatic heterocycles. The number of allylic oxidation sites excluding steroid dienone is 3. The Labute approximate surface area is 167 Å². The molecule has 0 amide bonds. The summed E-state index contributed by atoms with van der Waals surface area (Å²) in [4.78, 5) is 23.0. The molecule has 0 radical (unpaired) electrons. The molecule has 5 rings (SSSR count). The third kappa shape index (κ3) is 2.33. The Morgan fingerprint density at radius 3 is 2.75 bits per heavy atom. The van der Waals surface area contributed by atoms with Gasteiger partial charge in [0, 0.05) is 24.7 Å². The Hall–Kier alpha value is -1.42. The van der Waals surface area contributed by atoms with Crippen molar-refractivity contribution in [3.63, 3.8) is 0 Å². The van der Waals surface area contributed by atoms with Gasteiger partial charge in [0.05, 0.1) is 6.10 Å². The van der Waals surface area contributed by atoms with Gasteiger partial charge in [-0.05, 0) is 48.9 Å². The van der Waals surface area contributed by atoms with E-state index in [0.29, 0.717) is 17.8 Å². The van der Waals surface area contributed by atoms with Gasteiger partial charge in [-0.25, -0.2) is 0 Å². The van der Waals surface area contributed by atoms with E-state index >= 15 is 0 Å². The maximum atomic E-state index is 11.5. The SMILES string of the molecule is CC(=O)OC1CC2=CC=C3[C@@H]4CC[C@H](C(C)C=O)[C@@]4(C)CC[C@@H]3[C@@]2(C)C2OC12. The van der Waals surface area contributed by atoms with Gasteiger partial charge in [0.15, 0.2) is 0 Å². The van der Waals surface area contributed by atoms with Crippen molar-refractivity contribution < 1.29 is 19.1 Å². The minimum atomic E-state index is -0.217. The van der Waals surface area contributed by atoms with Crippen LogP contribution in [0.2, 0.25) is 0 Å². The second kappa shape index (κ2) is 6.04. The van der Waals surface area contributed by atoms with Crippen LogP contribution in [0.1, 0.15) is 59.8 Å². The highest BCUT2D eigenvalue weighted by atomic mass is 16.6. The number of aldehydes is 1. The fourth-order valence-electron chi connectivity index (χ4n) is 7.69. The number of hydrogen-bond donors (Lipinski definition) is 0. The zero-order chi connectivity index (χ0) is 19.8. The molecule has 4 fully saturated rings. The van der Waals surface area contributed by atoms with Gasteiger partial charge in [-0.1, -0.05) is 44.1 Å². The van der Waals surface area contributed by atoms with Crippen molar-refractivity contribution in [3.05, 3.63) is 23.3 Å². The van der Waals surface area contributed by atoms with E-state index in [4.69, 9.17) is 9.47 Å². The van der Waals surface area contributed by atoms with E-state index in [1.54, 1.807) is 5.57 Å². The molecule has 0 aromatic carbocycles. The van der Waals surface area contributed by atoms with Crippen molar-refractivity contribution >= 4 is 12.3 Å². The molecule has 0 aromatic rings. The van der Waals surface area contributed by atoms with Gasteiger partial charge in [0.2, 0.25) is 0 Å². The number of fused-ring (bicyclic) bond motifs is 7. The predicted molar refractivity (Wildman–Crippen MR) is 105 cm³/mol. The molecule has 4 heteroatoms. The average molecular weight is 385 g/mol. The summed E-state index contributed by atoms with van der Waals surface area (Å²) < 4.78 is 11.7. The number of ether oxygens (including phenoxy) is 2. The van der Waals surface area contributed by atoms with Crippen LogP contribution in [0.5, 0.6) is 0 Å². The van der Waals surface area contributed by atoms with E-state index in [1.165, 1.54) is 31.8 Å². The Morgan fingerprint density at radius 2 is 2.04 bits per heavy atom. The number of hydrogen-bond acceptors (Lipinski definition) is 4. The van der Waals surface area contributed by atoms with E-state index in [1.807, 2.05) is 0 Å². The molecule has 3 saturated carbocycles. The second-order valence-electron chi connectivity index (χ2n) is 10.3. The third-order valence-electron chi connectivity index (χ3n) is 9.15. The smallest absolute Gasteiger partial charge is 0.303 e. The van der Waals surface area contributed by atoms with Gasteiger partial charge in [-0.3, -0.25) is 4.79 Å². The topological polar surface area (TPSA) is 55.9 Å². The molecule has 4 nitrogen and oxygen atoms in total. The van der Waals surface area contributed by atoms with Crippen molar-refractivity contribution in [3.8, 4) is 0 Å². The van der Waals surface area contributed by atoms with Gasteiger partial charge < -0.3 is 14.3 Å². The van der Waals surface area contributed by atoms with Crippen LogP contribution >= 0.6 is 0 Å². The maximum absolute atomic E-state index is 11.5. The summed E-state index contributed by atoms with van der Waals surface area (Å²) in [6.45, 7) is 8.40. The van der Waals surface area contributed by atoms with Gasteiger partial charge >= 0.3 is 5.97 Å². The molecule has 152 valence electrons. The van der Waals surface area contributed by atoms with E-state index < -0.39 is 0 Å². The number of epoxide rings is 1. The monoisotopic (exact) mass is 384 g/mol. The summed E-state index contributed by atoms with van der Waals surface area (Å²) >= 11 is 0. The molecule has 1 heterocycles. The standard InChI is InChI=1S/C24H32O4/c1-13(12-25)17-7-8-18-16-6-5-15-11-20(27-14(2)26)21-22(28-21)24(15,4)19(16)9-10-23(17,18)3/h5-6,12-13,17-22H,7-11H2,1-4H3/t13?,17-,18+,19+,20?,21?,22?,23-,24+/m1/s1. The lowest BCUT2D eigenvalue weighted by atomic mass is 9.50. The van der Waals surface area contributed by atoms with Crippen LogP contribution in [0, 0.1) is 34.5 Å². The minimum absolute atomic E-state index is 0.0289. The fraction of sp³-hybridized carbons (Fsp3) is 0.750. The molecule has 1 saturated heterocycles. The normalized spacial score (nSPS) is 49.4. The zero-order valence-corrected chi connectivity index (χ0v) is 17.4. The lowest BCUT2D eigenvalue weighted by Crippen LogP contribution is -2.50. The molecule has 0 N–H and O–H groups in total. The summed E-state index contributed by atoms with van der Waals surface area (Å²) in [6.07, 6.45) is 11.5. The largest absolute Gasteiger partial charge is 0.459 e. The first-order chi connectivity index (χ1) is 13.3. The van der Waals surface area contributed by atoms with Crippen LogP contribution in [0.15, 0.2) is 23.3 Å². The third-order valence-corrected chi connectivity index (χ3v) is 9.15. The van der Waals surface area contributed by atoms with Crippen molar-refractivity contribution in [1.82, 2.24) is 0 Å². The van der Waals surface area contributed by atoms with Crippen LogP contribution in [-0.4, -0.2) is 30.6 Å². The minimum Gasteiger partial charge on any atom is -0.459 e. The fourth-order valence-corrected chi connectivity index (χ4v) is 7.69. The number of esters is 1. The van der Waals surface area contributed by atoms with Gasteiger partial charge in [0.25, 0.3) is 0 Å². The molecule has 4 aliphatic carbocycles. The first kappa shape index (κ1) is 18.6. The van der Waals surface area contributed by atoms with Crippen LogP contribution in [-0.2, 0) is 19.1 Å². The molecule has 4 unspecified atom stereocenters. The maximum Gasteiger partial charge on any atom is 0.303 e. The molecule has 5 aliphatic rings. The van der Waals surface area contributed by atoms with E-state index in [9.17, 15) is 9.59 Å². The summed E-state index contributed by atoms with van der Waals surface area (Å²) in [5.74, 6) is 1.53. The Morgan fingerprint density at radius 1 is 1.25 bits per heavy atom. The van der Waals surface area contributed by atoms with Crippen molar-refractivity contribution in [2.75, 3.05) is 0 Å². The summed E-state index contributed by atoms with van der Waals surface area (Å²) in [6, 6.07) is 0. The predicted octanol–water partition coefficient (Wildman–Crippen LogP) is 4.24. The molecular weight excluding hydrogens is 352 g/mol. The number of carbonyl (C=O) groups is 2. The lowest BCUT2D eigenvalue weighted by Gasteiger charge is -2.54. The Balaban J connectivity index is 1.48. The lowest BCUT2D eigenvalue weighted by molar-refractivity contribution is -0.147. The van der Waals surface area contributed by atoms with Crippen LogP contribution in [0.25, 0.3) is 0 Å². The van der Waals surface area contributed by atoms with E-state index in [0.717, 1.165) is 19.1 Å². The average Bonchev–Trinajstić information content (AvgIpc) is 3.39. The summed E-state index contributed by atoms with van der Waals surface area (Å²) in [5, 5.41) is 0. The van der Waals surface area contributed by atoms with Crippen molar-refractivity contribution in [2.45, 2.75) is 78.1 Å². The first-order valence-electron chi connectivity index (χ1n) is 11.0. The van der Waals surface area contributed by atoms with E-state index in [-0.39, 0.29) is 41.0 Å². The van der Waals surface area contributed by atoms with E-state index in [2.05, 4.69) is 32.9 Å². The van der Waals surface area contributed by atoms with Gasteiger partial charge in [-0.2, -0.15) is 0 Å². The highest BCUT2D eigenvalue weighted by Gasteiger charge is 2.67. The molecule has 0 bridgehead atoms. The van der Waals surface area contributed by atoms with Gasteiger partial charge in [0.1, 0.15) is 18.5 Å². The molecule has 9 atom stereocenters. The van der Waals surface area contributed by atoms with Crippen molar-refractivity contribution in [2.24, 2.45) is 34.5 Å². The second-order valence-corrected chi connectivity index (χ2v) is 10.3. The number of rotatable bonds is 3. The van der Waals surface area contributed by atoms with Gasteiger partial charge in [-0.15, -0.1) is 0 Å². The van der Waals surface area contributed by atoms with Crippen molar-refractivity contribution in [1.29, 1.82) is 0 Å². The molecule has 0 spiro atoms.